The zero-order valence-corrected chi connectivity index (χ0v) is 13.4. The van der Waals surface area contributed by atoms with Crippen molar-refractivity contribution in [3.8, 4) is 0 Å². The highest BCUT2D eigenvalue weighted by atomic mass is 32.2. The molecule has 0 aliphatic carbocycles. The summed E-state index contributed by atoms with van der Waals surface area (Å²) < 4.78 is 29.6. The minimum absolute atomic E-state index is 0.0355. The van der Waals surface area contributed by atoms with Gasteiger partial charge >= 0.3 is 0 Å². The van der Waals surface area contributed by atoms with Gasteiger partial charge in [0.15, 0.2) is 0 Å². The van der Waals surface area contributed by atoms with Gasteiger partial charge < -0.3 is 9.88 Å². The SMILES string of the molecule is Cc1c(S(=O)(=O)N(C)C2CCNC2)c2ccccc2n1C. The Kier molecular flexibility index (Phi) is 3.55. The Bertz CT molecular complexity index is 774. The third-order valence-electron chi connectivity index (χ3n) is 4.53. The van der Waals surface area contributed by atoms with Crippen molar-refractivity contribution in [1.82, 2.24) is 14.2 Å². The quantitative estimate of drug-likeness (QED) is 0.934. The number of nitrogens with zero attached hydrogens (tertiary/aromatic N) is 2. The van der Waals surface area contributed by atoms with Crippen LogP contribution in [0.2, 0.25) is 0 Å². The summed E-state index contributed by atoms with van der Waals surface area (Å²) in [6.07, 6.45) is 0.861. The predicted octanol–water partition coefficient (Wildman–Crippen LogP) is 1.47. The zero-order valence-electron chi connectivity index (χ0n) is 12.6. The molecule has 1 N–H and O–H groups in total. The van der Waals surface area contributed by atoms with Gasteiger partial charge in [0.2, 0.25) is 10.0 Å². The Labute approximate surface area is 125 Å². The molecule has 6 heteroatoms. The van der Waals surface area contributed by atoms with Crippen molar-refractivity contribution < 1.29 is 8.42 Å². The van der Waals surface area contributed by atoms with Crippen molar-refractivity contribution in [1.29, 1.82) is 0 Å². The summed E-state index contributed by atoms with van der Waals surface area (Å²) in [4.78, 5) is 0.440. The lowest BCUT2D eigenvalue weighted by Crippen LogP contribution is -2.38. The van der Waals surface area contributed by atoms with E-state index in [4.69, 9.17) is 0 Å². The second kappa shape index (κ2) is 5.12. The number of hydrogen-bond acceptors (Lipinski definition) is 3. The van der Waals surface area contributed by atoms with Gasteiger partial charge in [-0.2, -0.15) is 4.31 Å². The third kappa shape index (κ3) is 2.18. The van der Waals surface area contributed by atoms with Crippen molar-refractivity contribution in [3.05, 3.63) is 30.0 Å². The van der Waals surface area contributed by atoms with Crippen LogP contribution in [0.5, 0.6) is 0 Å². The number of rotatable bonds is 3. The van der Waals surface area contributed by atoms with Crippen LogP contribution in [-0.2, 0) is 17.1 Å². The molecule has 1 aliphatic heterocycles. The maximum atomic E-state index is 13.1. The molecule has 1 saturated heterocycles. The number of fused-ring (bicyclic) bond motifs is 1. The predicted molar refractivity (Wildman–Crippen MR) is 83.9 cm³/mol. The average Bonchev–Trinajstić information content (AvgIpc) is 3.07. The Morgan fingerprint density at radius 3 is 2.71 bits per heavy atom. The van der Waals surface area contributed by atoms with Crippen molar-refractivity contribution in [2.75, 3.05) is 20.1 Å². The van der Waals surface area contributed by atoms with E-state index in [2.05, 4.69) is 5.32 Å². The van der Waals surface area contributed by atoms with Gasteiger partial charge in [-0.3, -0.25) is 0 Å². The molecule has 1 aliphatic rings. The Hall–Kier alpha value is -1.37. The Morgan fingerprint density at radius 1 is 1.33 bits per heavy atom. The van der Waals surface area contributed by atoms with Crippen LogP contribution in [0.1, 0.15) is 12.1 Å². The second-order valence-corrected chi connectivity index (χ2v) is 7.59. The molecule has 0 saturated carbocycles. The van der Waals surface area contributed by atoms with Gasteiger partial charge in [0.1, 0.15) is 4.90 Å². The van der Waals surface area contributed by atoms with Gasteiger partial charge in [-0.25, -0.2) is 8.42 Å². The fourth-order valence-corrected chi connectivity index (χ4v) is 4.92. The van der Waals surface area contributed by atoms with E-state index < -0.39 is 10.0 Å². The molecule has 21 heavy (non-hydrogen) atoms. The first-order valence-corrected chi connectivity index (χ1v) is 8.61. The van der Waals surface area contributed by atoms with Gasteiger partial charge in [0.25, 0.3) is 0 Å². The van der Waals surface area contributed by atoms with Crippen LogP contribution in [0.15, 0.2) is 29.2 Å². The Morgan fingerprint density at radius 2 is 2.05 bits per heavy atom. The number of aromatic nitrogens is 1. The lowest BCUT2D eigenvalue weighted by molar-refractivity contribution is 0.388. The molecule has 114 valence electrons. The molecule has 1 atom stereocenters. The maximum Gasteiger partial charge on any atom is 0.245 e. The molecule has 3 rings (SSSR count). The van der Waals surface area contributed by atoms with Gasteiger partial charge in [-0.05, 0) is 26.0 Å². The third-order valence-corrected chi connectivity index (χ3v) is 6.61. The van der Waals surface area contributed by atoms with Gasteiger partial charge in [-0.1, -0.05) is 18.2 Å². The van der Waals surface area contributed by atoms with E-state index in [1.54, 1.807) is 7.05 Å². The van der Waals surface area contributed by atoms with Crippen molar-refractivity contribution in [2.24, 2.45) is 7.05 Å². The van der Waals surface area contributed by atoms with Gasteiger partial charge in [-0.15, -0.1) is 0 Å². The standard InChI is InChI=1S/C15H21N3O2S/c1-11-15(13-6-4-5-7-14(13)17(11)2)21(19,20)18(3)12-8-9-16-10-12/h4-7,12,16H,8-10H2,1-3H3. The summed E-state index contributed by atoms with van der Waals surface area (Å²) in [6, 6.07) is 7.70. The van der Waals surface area contributed by atoms with Crippen molar-refractivity contribution >= 4 is 20.9 Å². The summed E-state index contributed by atoms with van der Waals surface area (Å²) in [5, 5.41) is 4.02. The van der Waals surface area contributed by atoms with E-state index in [9.17, 15) is 8.42 Å². The highest BCUT2D eigenvalue weighted by Gasteiger charge is 2.33. The summed E-state index contributed by atoms with van der Waals surface area (Å²) in [5.41, 5.74) is 1.74. The van der Waals surface area contributed by atoms with E-state index in [1.165, 1.54) is 4.31 Å². The number of aryl methyl sites for hydroxylation is 1. The van der Waals surface area contributed by atoms with E-state index >= 15 is 0 Å². The van der Waals surface area contributed by atoms with E-state index in [0.29, 0.717) is 4.90 Å². The van der Waals surface area contributed by atoms with Crippen LogP contribution < -0.4 is 5.32 Å². The molecule has 1 aromatic heterocycles. The summed E-state index contributed by atoms with van der Waals surface area (Å²) in [5.74, 6) is 0. The van der Waals surface area contributed by atoms with Crippen LogP contribution in [0, 0.1) is 6.92 Å². The topological polar surface area (TPSA) is 54.3 Å². The van der Waals surface area contributed by atoms with Gasteiger partial charge in [0, 0.05) is 43.3 Å². The van der Waals surface area contributed by atoms with Crippen LogP contribution in [0.4, 0.5) is 0 Å². The molecule has 1 fully saturated rings. The van der Waals surface area contributed by atoms with Crippen LogP contribution in [0.3, 0.4) is 0 Å². The lowest BCUT2D eigenvalue weighted by Gasteiger charge is -2.23. The fourth-order valence-electron chi connectivity index (χ4n) is 3.10. The molecule has 0 bridgehead atoms. The molecule has 2 aromatic rings. The van der Waals surface area contributed by atoms with E-state index in [0.717, 1.165) is 36.1 Å². The number of likely N-dealkylation sites (N-methyl/N-ethyl adjacent to an activating group) is 1. The zero-order chi connectivity index (χ0) is 15.2. The molecule has 0 amide bonds. The van der Waals surface area contributed by atoms with E-state index in [-0.39, 0.29) is 6.04 Å². The van der Waals surface area contributed by atoms with Crippen LogP contribution >= 0.6 is 0 Å². The number of nitrogens with one attached hydrogen (secondary N) is 1. The molecule has 0 spiro atoms. The monoisotopic (exact) mass is 307 g/mol. The normalized spacial score (nSPS) is 19.7. The largest absolute Gasteiger partial charge is 0.347 e. The van der Waals surface area contributed by atoms with Gasteiger partial charge in [0.05, 0.1) is 0 Å². The van der Waals surface area contributed by atoms with Crippen LogP contribution in [-0.4, -0.2) is 43.5 Å². The summed E-state index contributed by atoms with van der Waals surface area (Å²) in [6.45, 7) is 3.46. The highest BCUT2D eigenvalue weighted by molar-refractivity contribution is 7.89. The smallest absolute Gasteiger partial charge is 0.245 e. The summed E-state index contributed by atoms with van der Waals surface area (Å²) >= 11 is 0. The molecular weight excluding hydrogens is 286 g/mol. The molecular formula is C15H21N3O2S. The molecule has 1 aromatic carbocycles. The fraction of sp³-hybridized carbons (Fsp3) is 0.467. The molecule has 5 nitrogen and oxygen atoms in total. The average molecular weight is 307 g/mol. The molecule has 1 unspecified atom stereocenters. The lowest BCUT2D eigenvalue weighted by atomic mass is 10.2. The van der Waals surface area contributed by atoms with E-state index in [1.807, 2.05) is 42.8 Å². The maximum absolute atomic E-state index is 13.1. The minimum atomic E-state index is -3.49. The van der Waals surface area contributed by atoms with Crippen molar-refractivity contribution in [3.63, 3.8) is 0 Å². The molecule has 0 radical (unpaired) electrons. The first-order chi connectivity index (χ1) is 9.94. The minimum Gasteiger partial charge on any atom is -0.347 e. The number of benzene rings is 1. The Balaban J connectivity index is 2.17. The van der Waals surface area contributed by atoms with Crippen LogP contribution in [0.25, 0.3) is 10.9 Å². The number of sulfonamides is 1. The van der Waals surface area contributed by atoms with Crippen molar-refractivity contribution in [2.45, 2.75) is 24.3 Å². The summed E-state index contributed by atoms with van der Waals surface area (Å²) in [7, 11) is 0.113. The first kappa shape index (κ1) is 14.6. The number of hydrogen-bond donors (Lipinski definition) is 1. The first-order valence-electron chi connectivity index (χ1n) is 7.17. The molecule has 2 heterocycles. The highest BCUT2D eigenvalue weighted by Crippen LogP contribution is 2.31. The number of para-hydroxylation sites is 1. The second-order valence-electron chi connectivity index (χ2n) is 5.66.